The van der Waals surface area contributed by atoms with Gasteiger partial charge in [0.25, 0.3) is 0 Å². The fourth-order valence-electron chi connectivity index (χ4n) is 0.668. The van der Waals surface area contributed by atoms with Crippen LogP contribution in [0, 0.1) is 0 Å². The van der Waals surface area contributed by atoms with Crippen LogP contribution < -0.4 is 4.89 Å². The summed E-state index contributed by atoms with van der Waals surface area (Å²) in [6.45, 7) is 1.91. The third kappa shape index (κ3) is 5.67. The molecule has 0 aliphatic heterocycles. The van der Waals surface area contributed by atoms with E-state index in [1.165, 1.54) is 14.2 Å². The molecule has 90 valence electrons. The minimum Gasteiger partial charge on any atom is -0.469 e. The Morgan fingerprint density at radius 2 is 2.07 bits per heavy atom. The number of nitrogens with one attached hydrogen (secondary N) is 1. The van der Waals surface area contributed by atoms with Crippen LogP contribution in [0.5, 0.6) is 0 Å². The molecule has 0 atom stereocenters. The molecule has 0 bridgehead atoms. The van der Waals surface area contributed by atoms with Crippen molar-refractivity contribution in [1.29, 1.82) is 0 Å². The Kier molecular flexibility index (Phi) is 6.41. The molecule has 0 spiro atoms. The molecule has 0 aromatic carbocycles. The Labute approximate surface area is 89.5 Å². The lowest BCUT2D eigenvalue weighted by Gasteiger charge is -2.16. The normalized spacial score (nSPS) is 11.7. The van der Waals surface area contributed by atoms with Crippen molar-refractivity contribution in [1.82, 2.24) is 9.19 Å². The molecule has 0 amide bonds. The van der Waals surface area contributed by atoms with Gasteiger partial charge in [0.15, 0.2) is 0 Å². The Morgan fingerprint density at radius 1 is 1.47 bits per heavy atom. The van der Waals surface area contributed by atoms with Crippen LogP contribution in [0.2, 0.25) is 0 Å². The molecule has 0 saturated carbocycles. The molecular weight excluding hydrogens is 224 g/mol. The van der Waals surface area contributed by atoms with Crippen LogP contribution in [0.25, 0.3) is 0 Å². The predicted molar refractivity (Wildman–Crippen MR) is 52.9 cm³/mol. The summed E-state index contributed by atoms with van der Waals surface area (Å²) in [7, 11) is -1.09. The van der Waals surface area contributed by atoms with Crippen molar-refractivity contribution in [2.45, 2.75) is 13.3 Å². The quantitative estimate of drug-likeness (QED) is 0.468. The van der Waals surface area contributed by atoms with Gasteiger partial charge in [-0.15, -0.1) is 0 Å². The second-order valence-electron chi connectivity index (χ2n) is 2.67. The third-order valence-corrected chi connectivity index (χ3v) is 2.91. The summed E-state index contributed by atoms with van der Waals surface area (Å²) in [4.78, 5) is 17.2. The van der Waals surface area contributed by atoms with Crippen molar-refractivity contribution in [3.8, 4) is 0 Å². The van der Waals surface area contributed by atoms with Gasteiger partial charge in [-0.05, 0) is 6.92 Å². The largest absolute Gasteiger partial charge is 0.469 e. The van der Waals surface area contributed by atoms with Crippen LogP contribution in [0.4, 0.5) is 0 Å². The second-order valence-corrected chi connectivity index (χ2v) is 4.41. The molecule has 0 aromatic rings. The van der Waals surface area contributed by atoms with Gasteiger partial charge in [-0.3, -0.25) is 9.63 Å². The van der Waals surface area contributed by atoms with Crippen molar-refractivity contribution in [2.24, 2.45) is 0 Å². The van der Waals surface area contributed by atoms with E-state index in [1.807, 2.05) is 4.89 Å². The Morgan fingerprint density at radius 3 is 2.53 bits per heavy atom. The summed E-state index contributed by atoms with van der Waals surface area (Å²) in [6.07, 6.45) is 0.0000347. The highest BCUT2D eigenvalue weighted by Gasteiger charge is 2.18. The molecule has 0 radical (unpaired) electrons. The van der Waals surface area contributed by atoms with Gasteiger partial charge in [0.2, 0.25) is 0 Å². The zero-order valence-corrected chi connectivity index (χ0v) is 9.83. The van der Waals surface area contributed by atoms with Crippen LogP contribution in [0.15, 0.2) is 0 Å². The van der Waals surface area contributed by atoms with E-state index in [4.69, 9.17) is 0 Å². The van der Waals surface area contributed by atoms with Gasteiger partial charge in [0, 0.05) is 13.6 Å². The molecule has 0 aliphatic carbocycles. The summed E-state index contributed by atoms with van der Waals surface area (Å²) >= 11 is 0. The van der Waals surface area contributed by atoms with E-state index in [-0.39, 0.29) is 19.6 Å². The SMILES string of the molecule is CCONS(=O)(=O)N(C)CCC(=O)OC. The van der Waals surface area contributed by atoms with E-state index >= 15 is 0 Å². The monoisotopic (exact) mass is 240 g/mol. The fourth-order valence-corrected chi connectivity index (χ4v) is 1.39. The van der Waals surface area contributed by atoms with Crippen LogP contribution in [0.1, 0.15) is 13.3 Å². The van der Waals surface area contributed by atoms with Crippen molar-refractivity contribution in [2.75, 3.05) is 27.3 Å². The summed E-state index contributed by atoms with van der Waals surface area (Å²) in [5.41, 5.74) is 0. The molecule has 0 aromatic heterocycles. The molecule has 8 heteroatoms. The molecule has 15 heavy (non-hydrogen) atoms. The van der Waals surface area contributed by atoms with E-state index in [9.17, 15) is 13.2 Å². The number of carbonyl (C=O) groups is 1. The van der Waals surface area contributed by atoms with Crippen molar-refractivity contribution in [3.05, 3.63) is 0 Å². The van der Waals surface area contributed by atoms with Crippen LogP contribution in [-0.4, -0.2) is 46.0 Å². The van der Waals surface area contributed by atoms with Gasteiger partial charge in [0.05, 0.1) is 20.1 Å². The maximum atomic E-state index is 11.3. The topological polar surface area (TPSA) is 84.9 Å². The average Bonchev–Trinajstić information content (AvgIpc) is 2.22. The average molecular weight is 240 g/mol. The summed E-state index contributed by atoms with van der Waals surface area (Å²) in [5.74, 6) is -0.464. The second kappa shape index (κ2) is 6.72. The lowest BCUT2D eigenvalue weighted by atomic mass is 10.4. The highest BCUT2D eigenvalue weighted by Crippen LogP contribution is 1.96. The molecule has 1 N–H and O–H groups in total. The van der Waals surface area contributed by atoms with E-state index in [0.29, 0.717) is 0 Å². The first-order valence-electron chi connectivity index (χ1n) is 4.35. The Hall–Kier alpha value is -0.700. The molecule has 0 rings (SSSR count). The van der Waals surface area contributed by atoms with Gasteiger partial charge in [-0.2, -0.15) is 12.7 Å². The van der Waals surface area contributed by atoms with Gasteiger partial charge < -0.3 is 4.74 Å². The van der Waals surface area contributed by atoms with Gasteiger partial charge in [0.1, 0.15) is 0 Å². The zero-order valence-electron chi connectivity index (χ0n) is 9.02. The van der Waals surface area contributed by atoms with E-state index in [2.05, 4.69) is 9.57 Å². The molecule has 0 heterocycles. The number of hydrogen-bond acceptors (Lipinski definition) is 5. The first kappa shape index (κ1) is 14.3. The molecule has 0 unspecified atom stereocenters. The lowest BCUT2D eigenvalue weighted by Crippen LogP contribution is -2.39. The Balaban J connectivity index is 4.07. The predicted octanol–water partition coefficient (Wildman–Crippen LogP) is -0.733. The van der Waals surface area contributed by atoms with Crippen LogP contribution in [-0.2, 0) is 24.6 Å². The van der Waals surface area contributed by atoms with Crippen molar-refractivity contribution >= 4 is 16.2 Å². The molecule has 7 nitrogen and oxygen atoms in total. The van der Waals surface area contributed by atoms with E-state index < -0.39 is 16.2 Å². The molecule has 0 aliphatic rings. The molecule has 0 saturated heterocycles. The summed E-state index contributed by atoms with van der Waals surface area (Å²) < 4.78 is 28.0. The molecule has 0 fully saturated rings. The number of hydrogen-bond donors (Lipinski definition) is 1. The summed E-state index contributed by atoms with van der Waals surface area (Å²) in [6, 6.07) is 0. The van der Waals surface area contributed by atoms with E-state index in [0.717, 1.165) is 4.31 Å². The lowest BCUT2D eigenvalue weighted by molar-refractivity contribution is -0.140. The number of methoxy groups -OCH3 is 1. The third-order valence-electron chi connectivity index (χ3n) is 1.58. The van der Waals surface area contributed by atoms with E-state index in [1.54, 1.807) is 6.92 Å². The highest BCUT2D eigenvalue weighted by molar-refractivity contribution is 7.86. The first-order chi connectivity index (χ1) is 6.94. The zero-order chi connectivity index (χ0) is 11.9. The van der Waals surface area contributed by atoms with Gasteiger partial charge in [-0.25, -0.2) is 0 Å². The van der Waals surface area contributed by atoms with Crippen LogP contribution >= 0.6 is 0 Å². The number of ether oxygens (including phenoxy) is 1. The number of rotatable bonds is 7. The minimum absolute atomic E-state index is 0.0000347. The fraction of sp³-hybridized carbons (Fsp3) is 0.857. The van der Waals surface area contributed by atoms with Crippen LogP contribution in [0.3, 0.4) is 0 Å². The smallest absolute Gasteiger partial charge is 0.306 e. The maximum absolute atomic E-state index is 11.3. The number of esters is 1. The highest BCUT2D eigenvalue weighted by atomic mass is 32.2. The van der Waals surface area contributed by atoms with Crippen molar-refractivity contribution < 1.29 is 22.8 Å². The first-order valence-corrected chi connectivity index (χ1v) is 5.79. The Bertz CT molecular complexity index is 290. The maximum Gasteiger partial charge on any atom is 0.306 e. The van der Waals surface area contributed by atoms with Gasteiger partial charge in [-0.1, -0.05) is 4.89 Å². The van der Waals surface area contributed by atoms with Gasteiger partial charge >= 0.3 is 16.2 Å². The van der Waals surface area contributed by atoms with Crippen molar-refractivity contribution in [3.63, 3.8) is 0 Å². The molecular formula is C7H16N2O5S. The number of nitrogens with zero attached hydrogens (tertiary/aromatic N) is 1. The number of carbonyl (C=O) groups excluding carboxylic acids is 1. The minimum atomic E-state index is -3.67. The summed E-state index contributed by atoms with van der Waals surface area (Å²) in [5, 5.41) is 0. The standard InChI is InChI=1S/C7H16N2O5S/c1-4-14-8-15(11,12)9(2)6-5-7(10)13-3/h8H,4-6H2,1-3H3.